The fraction of sp³-hybridized carbons (Fsp3) is 1.00. The Balaban J connectivity index is 3.38. The lowest BCUT2D eigenvalue weighted by Gasteiger charge is -2.17. The van der Waals surface area contributed by atoms with Gasteiger partial charge in [-0.1, -0.05) is 26.7 Å². The van der Waals surface area contributed by atoms with Gasteiger partial charge in [0, 0.05) is 13.0 Å². The van der Waals surface area contributed by atoms with Crippen LogP contribution in [0.15, 0.2) is 0 Å². The first-order valence-corrected chi connectivity index (χ1v) is 4.39. The molecule has 0 aromatic carbocycles. The molecule has 11 heavy (non-hydrogen) atoms. The molecule has 0 aromatic rings. The molecule has 0 spiro atoms. The average molecular weight is 160 g/mol. The lowest BCUT2D eigenvalue weighted by molar-refractivity contribution is 0.0506. The van der Waals surface area contributed by atoms with Crippen LogP contribution >= 0.6 is 0 Å². The van der Waals surface area contributed by atoms with E-state index >= 15 is 0 Å². The third-order valence-electron chi connectivity index (χ3n) is 1.94. The van der Waals surface area contributed by atoms with Gasteiger partial charge in [-0.3, -0.25) is 0 Å². The first-order chi connectivity index (χ1) is 5.22. The molecule has 0 heterocycles. The maximum absolute atomic E-state index is 9.50. The number of aliphatic hydroxyl groups is 1. The van der Waals surface area contributed by atoms with Crippen LogP contribution in [0.1, 0.15) is 33.1 Å². The Morgan fingerprint density at radius 2 is 2.09 bits per heavy atom. The first kappa shape index (κ1) is 10.9. The number of hydrogen-bond donors (Lipinski definition) is 1. The summed E-state index contributed by atoms with van der Waals surface area (Å²) < 4.78 is 4.94. The summed E-state index contributed by atoms with van der Waals surface area (Å²) in [6.07, 6.45) is 2.97. The molecule has 0 aliphatic heterocycles. The summed E-state index contributed by atoms with van der Waals surface area (Å²) in [7, 11) is 1.67. The van der Waals surface area contributed by atoms with Gasteiger partial charge in [0.25, 0.3) is 0 Å². The van der Waals surface area contributed by atoms with Crippen molar-refractivity contribution < 1.29 is 9.84 Å². The summed E-state index contributed by atoms with van der Waals surface area (Å²) in [6.45, 7) is 4.81. The van der Waals surface area contributed by atoms with Crippen LogP contribution in [0.25, 0.3) is 0 Å². The number of rotatable bonds is 6. The van der Waals surface area contributed by atoms with Crippen molar-refractivity contribution in [1.29, 1.82) is 0 Å². The zero-order valence-electron chi connectivity index (χ0n) is 7.84. The van der Waals surface area contributed by atoms with E-state index in [1.165, 1.54) is 0 Å². The predicted molar refractivity (Wildman–Crippen MR) is 46.6 cm³/mol. The van der Waals surface area contributed by atoms with Crippen molar-refractivity contribution in [3.8, 4) is 0 Å². The summed E-state index contributed by atoms with van der Waals surface area (Å²) in [5.41, 5.74) is 0. The second-order valence-corrected chi connectivity index (χ2v) is 3.14. The van der Waals surface area contributed by atoms with E-state index in [4.69, 9.17) is 4.74 Å². The van der Waals surface area contributed by atoms with Crippen molar-refractivity contribution in [3.05, 3.63) is 0 Å². The van der Waals surface area contributed by atoms with E-state index in [1.54, 1.807) is 7.11 Å². The molecule has 0 radical (unpaired) electrons. The van der Waals surface area contributed by atoms with Crippen LogP contribution in [0.4, 0.5) is 0 Å². The average Bonchev–Trinajstić information content (AvgIpc) is 2.00. The zero-order chi connectivity index (χ0) is 8.69. The minimum Gasteiger partial charge on any atom is -0.393 e. The normalized spacial score (nSPS) is 16.4. The van der Waals surface area contributed by atoms with Gasteiger partial charge in [0.2, 0.25) is 0 Å². The number of unbranched alkanes of at least 4 members (excludes halogenated alkanes) is 1. The number of methoxy groups -OCH3 is 1. The zero-order valence-corrected chi connectivity index (χ0v) is 7.84. The van der Waals surface area contributed by atoms with Gasteiger partial charge in [0.1, 0.15) is 0 Å². The Kier molecular flexibility index (Phi) is 6.57. The van der Waals surface area contributed by atoms with Gasteiger partial charge in [-0.05, 0) is 6.42 Å². The Hall–Kier alpha value is -0.0800. The molecule has 0 rings (SSSR count). The highest BCUT2D eigenvalue weighted by molar-refractivity contribution is 4.63. The lowest BCUT2D eigenvalue weighted by Crippen LogP contribution is -2.21. The van der Waals surface area contributed by atoms with Crippen molar-refractivity contribution in [2.45, 2.75) is 39.2 Å². The minimum atomic E-state index is -0.185. The van der Waals surface area contributed by atoms with Gasteiger partial charge >= 0.3 is 0 Å². The van der Waals surface area contributed by atoms with Gasteiger partial charge in [0.15, 0.2) is 0 Å². The number of hydrogen-bond acceptors (Lipinski definition) is 2. The van der Waals surface area contributed by atoms with Crippen molar-refractivity contribution in [2.24, 2.45) is 5.92 Å². The molecular formula is C9H20O2. The van der Waals surface area contributed by atoms with Crippen LogP contribution in [-0.2, 0) is 4.74 Å². The number of aliphatic hydroxyl groups excluding tert-OH is 1. The number of ether oxygens (including phenoxy) is 1. The SMILES string of the molecule is CCCCC(O)C(C)COC. The molecule has 0 bridgehead atoms. The van der Waals surface area contributed by atoms with Crippen LogP contribution in [0.3, 0.4) is 0 Å². The van der Waals surface area contributed by atoms with Gasteiger partial charge in [0.05, 0.1) is 12.7 Å². The summed E-state index contributed by atoms with van der Waals surface area (Å²) in [6, 6.07) is 0. The van der Waals surface area contributed by atoms with Crippen LogP contribution in [0.2, 0.25) is 0 Å². The molecule has 0 amide bonds. The molecule has 2 nitrogen and oxygen atoms in total. The van der Waals surface area contributed by atoms with Crippen molar-refractivity contribution in [2.75, 3.05) is 13.7 Å². The quantitative estimate of drug-likeness (QED) is 0.642. The Labute approximate surface area is 69.6 Å². The lowest BCUT2D eigenvalue weighted by atomic mass is 10.0. The summed E-state index contributed by atoms with van der Waals surface area (Å²) in [5.74, 6) is 0.270. The molecule has 0 aromatic heterocycles. The fourth-order valence-corrected chi connectivity index (χ4v) is 1.07. The highest BCUT2D eigenvalue weighted by Gasteiger charge is 2.12. The molecule has 2 unspecified atom stereocenters. The van der Waals surface area contributed by atoms with E-state index in [0.717, 1.165) is 19.3 Å². The van der Waals surface area contributed by atoms with E-state index in [1.807, 2.05) is 6.92 Å². The molecule has 1 N–H and O–H groups in total. The molecule has 2 atom stereocenters. The van der Waals surface area contributed by atoms with E-state index in [0.29, 0.717) is 6.61 Å². The van der Waals surface area contributed by atoms with Crippen molar-refractivity contribution in [3.63, 3.8) is 0 Å². The molecule has 0 saturated heterocycles. The largest absolute Gasteiger partial charge is 0.393 e. The summed E-state index contributed by atoms with van der Waals surface area (Å²) >= 11 is 0. The van der Waals surface area contributed by atoms with Crippen LogP contribution in [0, 0.1) is 5.92 Å². The first-order valence-electron chi connectivity index (χ1n) is 4.39. The fourth-order valence-electron chi connectivity index (χ4n) is 1.07. The minimum absolute atomic E-state index is 0.185. The van der Waals surface area contributed by atoms with E-state index in [2.05, 4.69) is 6.92 Å². The van der Waals surface area contributed by atoms with Gasteiger partial charge in [-0.25, -0.2) is 0 Å². The van der Waals surface area contributed by atoms with Crippen molar-refractivity contribution in [1.82, 2.24) is 0 Å². The molecule has 0 aliphatic rings. The Morgan fingerprint density at radius 1 is 1.45 bits per heavy atom. The molecule has 0 saturated carbocycles. The topological polar surface area (TPSA) is 29.5 Å². The molecule has 2 heteroatoms. The smallest absolute Gasteiger partial charge is 0.0587 e. The third kappa shape index (κ3) is 5.22. The third-order valence-corrected chi connectivity index (χ3v) is 1.94. The maximum Gasteiger partial charge on any atom is 0.0587 e. The maximum atomic E-state index is 9.50. The summed E-state index contributed by atoms with van der Waals surface area (Å²) in [4.78, 5) is 0. The molecule has 68 valence electrons. The molecular weight excluding hydrogens is 140 g/mol. The van der Waals surface area contributed by atoms with Crippen molar-refractivity contribution >= 4 is 0 Å². The van der Waals surface area contributed by atoms with E-state index in [-0.39, 0.29) is 12.0 Å². The summed E-state index contributed by atoms with van der Waals surface area (Å²) in [5, 5.41) is 9.50. The van der Waals surface area contributed by atoms with Gasteiger partial charge in [-0.15, -0.1) is 0 Å². The Morgan fingerprint density at radius 3 is 2.55 bits per heavy atom. The molecule has 0 aliphatic carbocycles. The Bertz CT molecular complexity index is 83.6. The standard InChI is InChI=1S/C9H20O2/c1-4-5-6-9(10)8(2)7-11-3/h8-10H,4-7H2,1-3H3. The van der Waals surface area contributed by atoms with Crippen LogP contribution < -0.4 is 0 Å². The van der Waals surface area contributed by atoms with E-state index in [9.17, 15) is 5.11 Å². The monoisotopic (exact) mass is 160 g/mol. The second kappa shape index (κ2) is 6.62. The predicted octanol–water partition coefficient (Wildman–Crippen LogP) is 1.82. The van der Waals surface area contributed by atoms with E-state index < -0.39 is 0 Å². The highest BCUT2D eigenvalue weighted by atomic mass is 16.5. The van der Waals surface area contributed by atoms with Gasteiger partial charge < -0.3 is 9.84 Å². The van der Waals surface area contributed by atoms with Crippen LogP contribution in [-0.4, -0.2) is 24.9 Å². The molecule has 0 fully saturated rings. The van der Waals surface area contributed by atoms with Crippen LogP contribution in [0.5, 0.6) is 0 Å². The highest BCUT2D eigenvalue weighted by Crippen LogP contribution is 2.10. The van der Waals surface area contributed by atoms with Gasteiger partial charge in [-0.2, -0.15) is 0 Å². The second-order valence-electron chi connectivity index (χ2n) is 3.14.